The van der Waals surface area contributed by atoms with Gasteiger partial charge in [0.15, 0.2) is 17.1 Å². The Bertz CT molecular complexity index is 958. The summed E-state index contributed by atoms with van der Waals surface area (Å²) >= 11 is 0. The summed E-state index contributed by atoms with van der Waals surface area (Å²) in [6.07, 6.45) is 1.51. The van der Waals surface area contributed by atoms with Crippen molar-refractivity contribution in [3.8, 4) is 0 Å². The quantitative estimate of drug-likeness (QED) is 0.673. The molecule has 11 heteroatoms. The fourth-order valence-electron chi connectivity index (χ4n) is 3.52. The monoisotopic (exact) mass is 384 g/mol. The van der Waals surface area contributed by atoms with Crippen LogP contribution in [0, 0.1) is 0 Å². The smallest absolute Gasteiger partial charge is 0.289 e. The van der Waals surface area contributed by atoms with Crippen LogP contribution >= 0.6 is 0 Å². The van der Waals surface area contributed by atoms with Gasteiger partial charge in [-0.3, -0.25) is 4.79 Å². The highest BCUT2D eigenvalue weighted by Crippen LogP contribution is 2.25. The van der Waals surface area contributed by atoms with Crippen LogP contribution < -0.4 is 9.80 Å². The summed E-state index contributed by atoms with van der Waals surface area (Å²) in [6.45, 7) is 5.25. The lowest BCUT2D eigenvalue weighted by Gasteiger charge is -2.35. The van der Waals surface area contributed by atoms with Gasteiger partial charge in [-0.25, -0.2) is 0 Å². The average molecular weight is 384 g/mol. The Hall–Kier alpha value is -3.21. The zero-order valence-corrected chi connectivity index (χ0v) is 15.2. The summed E-state index contributed by atoms with van der Waals surface area (Å²) in [6, 6.07) is 3.41. The Kier molecular flexibility index (Phi) is 4.28. The minimum atomic E-state index is -0.0912. The van der Waals surface area contributed by atoms with Gasteiger partial charge in [-0.1, -0.05) is 0 Å². The van der Waals surface area contributed by atoms with E-state index in [1.54, 1.807) is 17.0 Å². The van der Waals surface area contributed by atoms with Crippen LogP contribution in [0.1, 0.15) is 10.6 Å². The van der Waals surface area contributed by atoms with E-state index in [2.05, 4.69) is 30.2 Å². The first kappa shape index (κ1) is 16.9. The molecule has 0 saturated carbocycles. The Morgan fingerprint density at radius 2 is 1.82 bits per heavy atom. The van der Waals surface area contributed by atoms with Crippen molar-refractivity contribution < 1.29 is 13.9 Å². The van der Waals surface area contributed by atoms with Crippen molar-refractivity contribution in [1.82, 2.24) is 30.3 Å². The zero-order valence-electron chi connectivity index (χ0n) is 15.2. The first-order valence-electron chi connectivity index (χ1n) is 9.28. The number of carbonyl (C=O) groups is 1. The van der Waals surface area contributed by atoms with Crippen molar-refractivity contribution in [2.75, 3.05) is 62.3 Å². The van der Waals surface area contributed by atoms with Crippen LogP contribution in [-0.2, 0) is 4.74 Å². The molecular formula is C17H20N8O3. The third-order valence-corrected chi connectivity index (χ3v) is 5.05. The van der Waals surface area contributed by atoms with Gasteiger partial charge < -0.3 is 23.9 Å². The van der Waals surface area contributed by atoms with Crippen LogP contribution in [0.3, 0.4) is 0 Å². The molecule has 3 aromatic heterocycles. The molecule has 5 heterocycles. The molecule has 28 heavy (non-hydrogen) atoms. The van der Waals surface area contributed by atoms with E-state index in [-0.39, 0.29) is 5.91 Å². The maximum atomic E-state index is 12.4. The second-order valence-corrected chi connectivity index (χ2v) is 6.70. The molecule has 0 unspecified atom stereocenters. The number of hydrogen-bond donors (Lipinski definition) is 1. The molecule has 2 saturated heterocycles. The van der Waals surface area contributed by atoms with E-state index in [0.717, 1.165) is 18.9 Å². The Morgan fingerprint density at radius 1 is 1.00 bits per heavy atom. The second-order valence-electron chi connectivity index (χ2n) is 6.70. The highest BCUT2D eigenvalue weighted by Gasteiger charge is 2.27. The lowest BCUT2D eigenvalue weighted by Crippen LogP contribution is -2.49. The van der Waals surface area contributed by atoms with E-state index in [4.69, 9.17) is 14.1 Å². The summed E-state index contributed by atoms with van der Waals surface area (Å²) in [5, 5.41) is 11.0. The Balaban J connectivity index is 1.36. The lowest BCUT2D eigenvalue weighted by atomic mass is 10.3. The predicted molar refractivity (Wildman–Crippen MR) is 99.3 cm³/mol. The number of hydrogen-bond acceptors (Lipinski definition) is 9. The van der Waals surface area contributed by atoms with Crippen molar-refractivity contribution in [2.45, 2.75) is 0 Å². The Morgan fingerprint density at radius 3 is 2.57 bits per heavy atom. The average Bonchev–Trinajstić information content (AvgIpc) is 3.45. The maximum absolute atomic E-state index is 12.4. The topological polar surface area (TPSA) is 117 Å². The van der Waals surface area contributed by atoms with Crippen LogP contribution in [0.25, 0.3) is 11.2 Å². The molecule has 1 amide bonds. The van der Waals surface area contributed by atoms with Gasteiger partial charge >= 0.3 is 0 Å². The number of anilines is 2. The van der Waals surface area contributed by atoms with Crippen LogP contribution in [0.5, 0.6) is 0 Å². The molecule has 0 radical (unpaired) electrons. The molecule has 1 N–H and O–H groups in total. The maximum Gasteiger partial charge on any atom is 0.289 e. The molecule has 146 valence electrons. The van der Waals surface area contributed by atoms with Crippen LogP contribution in [0.15, 0.2) is 22.8 Å². The Labute approximate surface area is 160 Å². The number of fused-ring (bicyclic) bond motifs is 1. The van der Waals surface area contributed by atoms with Gasteiger partial charge in [0.25, 0.3) is 5.91 Å². The van der Waals surface area contributed by atoms with Gasteiger partial charge in [-0.2, -0.15) is 20.3 Å². The van der Waals surface area contributed by atoms with Gasteiger partial charge in [0.05, 0.1) is 19.5 Å². The number of piperazine rings is 1. The van der Waals surface area contributed by atoms with E-state index >= 15 is 0 Å². The summed E-state index contributed by atoms with van der Waals surface area (Å²) in [7, 11) is 0. The van der Waals surface area contributed by atoms with Crippen molar-refractivity contribution in [1.29, 1.82) is 0 Å². The van der Waals surface area contributed by atoms with Gasteiger partial charge in [-0.15, -0.1) is 5.10 Å². The van der Waals surface area contributed by atoms with E-state index in [1.165, 1.54) is 6.26 Å². The standard InChI is InChI=1S/C17H20N8O3/c26-16(12-2-1-9-28-12)24-3-5-25(6-4-24)17-18-14-13(20-22-21-14)15(19-17)23-7-10-27-11-8-23/h1-2,9H,3-8,10-11H2,(H,18,19,20,21,22). The molecule has 0 aliphatic carbocycles. The number of nitrogens with zero attached hydrogens (tertiary/aromatic N) is 7. The number of ether oxygens (including phenoxy) is 1. The normalized spacial score (nSPS) is 18.1. The molecule has 0 spiro atoms. The van der Waals surface area contributed by atoms with Gasteiger partial charge in [0, 0.05) is 39.3 Å². The SMILES string of the molecule is O=C(c1ccco1)N1CCN(c2nc(N3CCOCC3)c3n[nH]nc3n2)CC1. The molecule has 0 bridgehead atoms. The summed E-state index contributed by atoms with van der Waals surface area (Å²) in [5.74, 6) is 1.65. The van der Waals surface area contributed by atoms with E-state index in [0.29, 0.717) is 62.3 Å². The second kappa shape index (κ2) is 7.08. The number of morpholine rings is 1. The third-order valence-electron chi connectivity index (χ3n) is 5.05. The zero-order chi connectivity index (χ0) is 18.9. The fraction of sp³-hybridized carbons (Fsp3) is 0.471. The minimum Gasteiger partial charge on any atom is -0.459 e. The number of aromatic nitrogens is 5. The number of nitrogens with one attached hydrogen (secondary N) is 1. The molecule has 0 aromatic carbocycles. The summed E-state index contributed by atoms with van der Waals surface area (Å²) in [5.41, 5.74) is 1.21. The van der Waals surface area contributed by atoms with E-state index in [1.807, 2.05) is 0 Å². The summed E-state index contributed by atoms with van der Waals surface area (Å²) < 4.78 is 10.7. The van der Waals surface area contributed by atoms with E-state index < -0.39 is 0 Å². The van der Waals surface area contributed by atoms with Gasteiger partial charge in [-0.05, 0) is 12.1 Å². The molecule has 5 rings (SSSR count). The van der Waals surface area contributed by atoms with Gasteiger partial charge in [0.1, 0.15) is 0 Å². The third kappa shape index (κ3) is 3.03. The number of aromatic amines is 1. The molecule has 0 atom stereocenters. The number of rotatable bonds is 3. The first-order valence-corrected chi connectivity index (χ1v) is 9.28. The molecule has 2 aliphatic heterocycles. The number of H-pyrrole nitrogens is 1. The molecule has 2 fully saturated rings. The van der Waals surface area contributed by atoms with Crippen LogP contribution in [0.4, 0.5) is 11.8 Å². The lowest BCUT2D eigenvalue weighted by molar-refractivity contribution is 0.0714. The highest BCUT2D eigenvalue weighted by atomic mass is 16.5. The van der Waals surface area contributed by atoms with Crippen molar-refractivity contribution in [2.24, 2.45) is 0 Å². The number of carbonyl (C=O) groups excluding carboxylic acids is 1. The largest absolute Gasteiger partial charge is 0.459 e. The molecule has 2 aliphatic rings. The van der Waals surface area contributed by atoms with Crippen LogP contribution in [0.2, 0.25) is 0 Å². The number of furan rings is 1. The number of amides is 1. The minimum absolute atomic E-state index is 0.0912. The van der Waals surface area contributed by atoms with Gasteiger partial charge in [0.2, 0.25) is 11.6 Å². The summed E-state index contributed by atoms with van der Waals surface area (Å²) in [4.78, 5) is 27.8. The molecular weight excluding hydrogens is 364 g/mol. The van der Waals surface area contributed by atoms with Crippen molar-refractivity contribution in [3.05, 3.63) is 24.2 Å². The first-order chi connectivity index (χ1) is 13.8. The molecule has 11 nitrogen and oxygen atoms in total. The highest BCUT2D eigenvalue weighted by molar-refractivity contribution is 5.91. The molecule has 3 aromatic rings. The van der Waals surface area contributed by atoms with Crippen LogP contribution in [-0.4, -0.2) is 88.7 Å². The van der Waals surface area contributed by atoms with Crippen molar-refractivity contribution >= 4 is 28.8 Å². The van der Waals surface area contributed by atoms with Crippen molar-refractivity contribution in [3.63, 3.8) is 0 Å². The predicted octanol–water partition coefficient (Wildman–Crippen LogP) is 0.140. The van der Waals surface area contributed by atoms with E-state index in [9.17, 15) is 4.79 Å². The fourth-order valence-corrected chi connectivity index (χ4v) is 3.52.